The van der Waals surface area contributed by atoms with Gasteiger partial charge in [0.2, 0.25) is 0 Å². The van der Waals surface area contributed by atoms with Crippen LogP contribution in [0.3, 0.4) is 0 Å². The second kappa shape index (κ2) is 7.34. The van der Waals surface area contributed by atoms with Gasteiger partial charge >= 0.3 is 5.97 Å². The monoisotopic (exact) mass is 273 g/mol. The molecule has 1 aromatic carbocycles. The number of hydrogen-bond acceptors (Lipinski definition) is 4. The Balaban J connectivity index is 3.37. The Labute approximate surface area is 119 Å². The van der Waals surface area contributed by atoms with Crippen LogP contribution in [-0.2, 0) is 9.53 Å². The Morgan fingerprint density at radius 3 is 2.65 bits per heavy atom. The average Bonchev–Trinajstić information content (AvgIpc) is 2.45. The fraction of sp³-hybridized carbons (Fsp3) is 0.375. The van der Waals surface area contributed by atoms with Crippen molar-refractivity contribution >= 4 is 12.0 Å². The number of methoxy groups -OCH3 is 1. The number of rotatable bonds is 5. The molecule has 0 atom stereocenters. The summed E-state index contributed by atoms with van der Waals surface area (Å²) in [6.07, 6.45) is 1.50. The van der Waals surface area contributed by atoms with E-state index in [0.29, 0.717) is 17.9 Å². The Hall–Kier alpha value is -2.28. The van der Waals surface area contributed by atoms with E-state index in [2.05, 4.69) is 18.6 Å². The lowest BCUT2D eigenvalue weighted by atomic mass is 9.98. The Morgan fingerprint density at radius 2 is 2.15 bits per heavy atom. The summed E-state index contributed by atoms with van der Waals surface area (Å²) in [5.41, 5.74) is 1.71. The van der Waals surface area contributed by atoms with Crippen molar-refractivity contribution in [2.75, 3.05) is 13.7 Å². The number of benzene rings is 1. The van der Waals surface area contributed by atoms with Gasteiger partial charge in [0.05, 0.1) is 13.7 Å². The topological polar surface area (TPSA) is 59.3 Å². The summed E-state index contributed by atoms with van der Waals surface area (Å²) >= 11 is 0. The van der Waals surface area contributed by atoms with Crippen LogP contribution in [0.4, 0.5) is 0 Å². The molecule has 0 aliphatic heterocycles. The van der Waals surface area contributed by atoms with E-state index in [9.17, 15) is 4.79 Å². The fourth-order valence-corrected chi connectivity index (χ4v) is 1.86. The molecule has 0 unspecified atom stereocenters. The first-order valence-electron chi connectivity index (χ1n) is 6.50. The van der Waals surface area contributed by atoms with E-state index >= 15 is 0 Å². The molecular formula is C16H19NO3. The summed E-state index contributed by atoms with van der Waals surface area (Å²) in [6.45, 7) is 6.55. The van der Waals surface area contributed by atoms with Gasteiger partial charge in [-0.1, -0.05) is 32.0 Å². The van der Waals surface area contributed by atoms with Crippen molar-refractivity contribution in [2.45, 2.75) is 26.7 Å². The van der Waals surface area contributed by atoms with Gasteiger partial charge in [-0.3, -0.25) is 0 Å². The van der Waals surface area contributed by atoms with Crippen molar-refractivity contribution < 1.29 is 14.3 Å². The van der Waals surface area contributed by atoms with E-state index in [1.807, 2.05) is 31.2 Å². The second-order valence-electron chi connectivity index (χ2n) is 4.51. The van der Waals surface area contributed by atoms with E-state index in [0.717, 1.165) is 5.56 Å². The van der Waals surface area contributed by atoms with E-state index in [1.54, 1.807) is 0 Å². The maximum absolute atomic E-state index is 11.5. The molecule has 0 heterocycles. The first-order valence-corrected chi connectivity index (χ1v) is 6.50. The third-order valence-corrected chi connectivity index (χ3v) is 2.81. The molecule has 1 aromatic rings. The number of hydrogen-bond donors (Lipinski definition) is 0. The Bertz CT molecular complexity index is 553. The molecule has 0 bridgehead atoms. The van der Waals surface area contributed by atoms with Gasteiger partial charge in [0, 0.05) is 5.56 Å². The lowest BCUT2D eigenvalue weighted by Gasteiger charge is -2.15. The van der Waals surface area contributed by atoms with E-state index in [1.165, 1.54) is 13.2 Å². The van der Waals surface area contributed by atoms with Gasteiger partial charge in [0.25, 0.3) is 0 Å². The zero-order valence-corrected chi connectivity index (χ0v) is 12.3. The van der Waals surface area contributed by atoms with Crippen molar-refractivity contribution in [1.82, 2.24) is 0 Å². The van der Waals surface area contributed by atoms with Gasteiger partial charge in [-0.2, -0.15) is 5.26 Å². The summed E-state index contributed by atoms with van der Waals surface area (Å²) < 4.78 is 10.3. The minimum Gasteiger partial charge on any atom is -0.493 e. The summed E-state index contributed by atoms with van der Waals surface area (Å²) in [4.78, 5) is 11.5. The highest BCUT2D eigenvalue weighted by atomic mass is 16.5. The van der Waals surface area contributed by atoms with Gasteiger partial charge in [-0.05, 0) is 24.5 Å². The molecule has 0 radical (unpaired) electrons. The molecule has 0 fully saturated rings. The van der Waals surface area contributed by atoms with Crippen LogP contribution in [0.2, 0.25) is 0 Å². The highest BCUT2D eigenvalue weighted by molar-refractivity contribution is 5.98. The lowest BCUT2D eigenvalue weighted by Crippen LogP contribution is -2.04. The maximum Gasteiger partial charge on any atom is 0.348 e. The molecule has 0 aliphatic rings. The van der Waals surface area contributed by atoms with E-state index < -0.39 is 5.97 Å². The van der Waals surface area contributed by atoms with Crippen LogP contribution in [-0.4, -0.2) is 19.7 Å². The summed E-state index contributed by atoms with van der Waals surface area (Å²) in [6, 6.07) is 7.54. The zero-order valence-electron chi connectivity index (χ0n) is 12.3. The first-order chi connectivity index (χ1) is 9.54. The van der Waals surface area contributed by atoms with Crippen LogP contribution in [0.15, 0.2) is 23.8 Å². The fourth-order valence-electron chi connectivity index (χ4n) is 1.86. The molecule has 0 spiro atoms. The first kappa shape index (κ1) is 15.8. The molecule has 1 rings (SSSR count). The third kappa shape index (κ3) is 3.61. The molecule has 0 saturated carbocycles. The minimum atomic E-state index is -0.648. The van der Waals surface area contributed by atoms with Gasteiger partial charge in [-0.15, -0.1) is 0 Å². The number of para-hydroxylation sites is 1. The molecule has 0 N–H and O–H groups in total. The number of ether oxygens (including phenoxy) is 2. The van der Waals surface area contributed by atoms with Gasteiger partial charge in [0.15, 0.2) is 0 Å². The molecule has 0 amide bonds. The van der Waals surface area contributed by atoms with Gasteiger partial charge in [0.1, 0.15) is 17.4 Å². The quantitative estimate of drug-likeness (QED) is 0.469. The molecular weight excluding hydrogens is 254 g/mol. The average molecular weight is 273 g/mol. The number of nitriles is 1. The van der Waals surface area contributed by atoms with Gasteiger partial charge in [-0.25, -0.2) is 4.79 Å². The molecule has 4 nitrogen and oxygen atoms in total. The van der Waals surface area contributed by atoms with E-state index in [4.69, 9.17) is 10.00 Å². The minimum absolute atomic E-state index is 0.0469. The van der Waals surface area contributed by atoms with Crippen molar-refractivity contribution in [3.8, 4) is 11.8 Å². The van der Waals surface area contributed by atoms with Crippen LogP contribution in [0, 0.1) is 11.3 Å². The van der Waals surface area contributed by atoms with Crippen molar-refractivity contribution in [3.63, 3.8) is 0 Å². The van der Waals surface area contributed by atoms with Crippen molar-refractivity contribution in [1.29, 1.82) is 5.26 Å². The Morgan fingerprint density at radius 1 is 1.45 bits per heavy atom. The largest absolute Gasteiger partial charge is 0.493 e. The highest BCUT2D eigenvalue weighted by Crippen LogP contribution is 2.31. The summed E-state index contributed by atoms with van der Waals surface area (Å²) in [5.74, 6) is 0.347. The molecule has 0 saturated heterocycles. The van der Waals surface area contributed by atoms with Gasteiger partial charge < -0.3 is 9.47 Å². The maximum atomic E-state index is 11.5. The van der Waals surface area contributed by atoms with Crippen LogP contribution in [0.5, 0.6) is 5.75 Å². The lowest BCUT2D eigenvalue weighted by molar-refractivity contribution is -0.135. The predicted octanol–water partition coefficient (Wildman–Crippen LogP) is 3.29. The van der Waals surface area contributed by atoms with Crippen LogP contribution in [0.1, 0.15) is 37.8 Å². The number of carbonyl (C=O) groups is 1. The molecule has 0 aromatic heterocycles. The van der Waals surface area contributed by atoms with Crippen molar-refractivity contribution in [2.24, 2.45) is 0 Å². The SMILES string of the molecule is CCOc1c(C=C(C#N)C(=O)OC)cccc1C(C)C. The van der Waals surface area contributed by atoms with Crippen molar-refractivity contribution in [3.05, 3.63) is 34.9 Å². The molecule has 106 valence electrons. The summed E-state index contributed by atoms with van der Waals surface area (Å²) in [7, 11) is 1.25. The third-order valence-electron chi connectivity index (χ3n) is 2.81. The molecule has 20 heavy (non-hydrogen) atoms. The predicted molar refractivity (Wildman–Crippen MR) is 77.3 cm³/mol. The molecule has 0 aliphatic carbocycles. The summed E-state index contributed by atoms with van der Waals surface area (Å²) in [5, 5.41) is 9.03. The van der Waals surface area contributed by atoms with Crippen LogP contribution >= 0.6 is 0 Å². The van der Waals surface area contributed by atoms with Crippen LogP contribution in [0.25, 0.3) is 6.08 Å². The second-order valence-corrected chi connectivity index (χ2v) is 4.51. The van der Waals surface area contributed by atoms with Crippen LogP contribution < -0.4 is 4.74 Å². The Kier molecular flexibility index (Phi) is 5.79. The normalized spacial score (nSPS) is 11.1. The number of carbonyl (C=O) groups excluding carboxylic acids is 1. The highest BCUT2D eigenvalue weighted by Gasteiger charge is 2.14. The number of nitrogens with zero attached hydrogens (tertiary/aromatic N) is 1. The van der Waals surface area contributed by atoms with E-state index in [-0.39, 0.29) is 11.5 Å². The number of esters is 1. The molecule has 4 heteroatoms. The smallest absolute Gasteiger partial charge is 0.348 e. The zero-order chi connectivity index (χ0) is 15.1. The standard InChI is InChI=1S/C16H19NO3/c1-5-20-15-12(7-6-8-14(15)11(2)3)9-13(10-17)16(18)19-4/h6-9,11H,5H2,1-4H3.